The zero-order chi connectivity index (χ0) is 14.9. The Morgan fingerprint density at radius 2 is 2.05 bits per heavy atom. The van der Waals surface area contributed by atoms with Crippen LogP contribution in [-0.4, -0.2) is 25.6 Å². The summed E-state index contributed by atoms with van der Waals surface area (Å²) >= 11 is 0. The van der Waals surface area contributed by atoms with Crippen LogP contribution in [0.15, 0.2) is 24.3 Å². The molecule has 0 bridgehead atoms. The maximum Gasteiger partial charge on any atom is 0.249 e. The molecule has 0 amide bonds. The quantitative estimate of drug-likeness (QED) is 0.799. The predicted molar refractivity (Wildman–Crippen MR) is 82.1 cm³/mol. The first-order valence-electron chi connectivity index (χ1n) is 7.99. The first kappa shape index (κ1) is 14.8. The maximum absolute atomic E-state index is 13.4. The fraction of sp³-hybridized carbons (Fsp3) is 0.647. The van der Waals surface area contributed by atoms with E-state index in [1.54, 1.807) is 6.92 Å². The Kier molecular flexibility index (Phi) is 3.91. The van der Waals surface area contributed by atoms with E-state index in [2.05, 4.69) is 22.8 Å². The van der Waals surface area contributed by atoms with Crippen molar-refractivity contribution in [2.45, 2.75) is 43.9 Å². The molecule has 1 aliphatic carbocycles. The molecule has 2 atom stereocenters. The molecule has 0 radical (unpaired) electrons. The summed E-state index contributed by atoms with van der Waals surface area (Å²) in [6.07, 6.45) is 1.69. The van der Waals surface area contributed by atoms with Crippen molar-refractivity contribution >= 4 is 5.69 Å². The molecule has 1 saturated carbocycles. The number of hydrogen-bond acceptors (Lipinski definition) is 2. The van der Waals surface area contributed by atoms with Gasteiger partial charge in [-0.25, -0.2) is 8.78 Å². The molecule has 1 aromatic carbocycles. The van der Waals surface area contributed by atoms with E-state index in [9.17, 15) is 8.78 Å². The SMILES string of the molecule is CCCC(F)(F)CCNc1ccc(C23CNCC2C3)cc1. The van der Waals surface area contributed by atoms with Gasteiger partial charge in [-0.15, -0.1) is 0 Å². The molecule has 2 unspecified atom stereocenters. The molecule has 3 rings (SSSR count). The highest BCUT2D eigenvalue weighted by atomic mass is 19.3. The number of rotatable bonds is 7. The molecular formula is C17H24F2N2. The molecule has 2 N–H and O–H groups in total. The van der Waals surface area contributed by atoms with Crippen LogP contribution in [0.3, 0.4) is 0 Å². The lowest BCUT2D eigenvalue weighted by atomic mass is 9.95. The van der Waals surface area contributed by atoms with Crippen LogP contribution in [0.4, 0.5) is 14.5 Å². The Morgan fingerprint density at radius 3 is 2.62 bits per heavy atom. The van der Waals surface area contributed by atoms with Gasteiger partial charge >= 0.3 is 0 Å². The van der Waals surface area contributed by atoms with Crippen LogP contribution >= 0.6 is 0 Å². The van der Waals surface area contributed by atoms with Crippen LogP contribution in [0.2, 0.25) is 0 Å². The van der Waals surface area contributed by atoms with E-state index in [0.717, 1.165) is 24.7 Å². The van der Waals surface area contributed by atoms with E-state index in [-0.39, 0.29) is 12.8 Å². The lowest BCUT2D eigenvalue weighted by molar-refractivity contribution is -0.0132. The molecule has 2 aliphatic rings. The van der Waals surface area contributed by atoms with E-state index in [1.165, 1.54) is 12.0 Å². The molecule has 116 valence electrons. The van der Waals surface area contributed by atoms with Gasteiger partial charge < -0.3 is 10.6 Å². The van der Waals surface area contributed by atoms with Gasteiger partial charge in [0.05, 0.1) is 0 Å². The first-order valence-corrected chi connectivity index (χ1v) is 7.99. The Bertz CT molecular complexity index is 486. The Balaban J connectivity index is 1.51. The molecule has 0 spiro atoms. The van der Waals surface area contributed by atoms with E-state index >= 15 is 0 Å². The van der Waals surface area contributed by atoms with Crippen molar-refractivity contribution in [3.63, 3.8) is 0 Å². The molecule has 1 saturated heterocycles. The molecule has 4 heteroatoms. The van der Waals surface area contributed by atoms with Crippen LogP contribution < -0.4 is 10.6 Å². The summed E-state index contributed by atoms with van der Waals surface area (Å²) in [5.41, 5.74) is 2.69. The van der Waals surface area contributed by atoms with Crippen molar-refractivity contribution in [2.75, 3.05) is 25.0 Å². The number of fused-ring (bicyclic) bond motifs is 1. The number of benzene rings is 1. The maximum atomic E-state index is 13.4. The highest BCUT2D eigenvalue weighted by Crippen LogP contribution is 2.56. The fourth-order valence-electron chi connectivity index (χ4n) is 3.59. The third-order valence-corrected chi connectivity index (χ3v) is 4.96. The lowest BCUT2D eigenvalue weighted by Gasteiger charge is -2.17. The topological polar surface area (TPSA) is 24.1 Å². The Morgan fingerprint density at radius 1 is 1.29 bits per heavy atom. The minimum absolute atomic E-state index is 0.0233. The van der Waals surface area contributed by atoms with Crippen molar-refractivity contribution in [1.82, 2.24) is 5.32 Å². The number of piperidine rings is 1. The average molecular weight is 294 g/mol. The highest BCUT2D eigenvalue weighted by Gasteiger charge is 2.57. The molecule has 21 heavy (non-hydrogen) atoms. The summed E-state index contributed by atoms with van der Waals surface area (Å²) in [7, 11) is 0. The summed E-state index contributed by atoms with van der Waals surface area (Å²) in [6.45, 7) is 4.32. The van der Waals surface area contributed by atoms with Gasteiger partial charge in [0, 0.05) is 37.0 Å². The second-order valence-corrected chi connectivity index (χ2v) is 6.55. The van der Waals surface area contributed by atoms with Gasteiger partial charge in [-0.05, 0) is 36.6 Å². The van der Waals surface area contributed by atoms with Crippen molar-refractivity contribution < 1.29 is 8.78 Å². The van der Waals surface area contributed by atoms with Crippen LogP contribution in [0.1, 0.15) is 38.2 Å². The Hall–Kier alpha value is -1.16. The van der Waals surface area contributed by atoms with Crippen molar-refractivity contribution in [2.24, 2.45) is 5.92 Å². The van der Waals surface area contributed by atoms with Crippen LogP contribution in [0.5, 0.6) is 0 Å². The van der Waals surface area contributed by atoms with E-state index in [4.69, 9.17) is 0 Å². The van der Waals surface area contributed by atoms with Gasteiger partial charge in [0.2, 0.25) is 5.92 Å². The van der Waals surface area contributed by atoms with E-state index < -0.39 is 5.92 Å². The molecule has 0 aromatic heterocycles. The van der Waals surface area contributed by atoms with Crippen LogP contribution in [0, 0.1) is 5.92 Å². The minimum Gasteiger partial charge on any atom is -0.385 e. The first-order chi connectivity index (χ1) is 10.1. The van der Waals surface area contributed by atoms with Crippen molar-refractivity contribution in [1.29, 1.82) is 0 Å². The summed E-state index contributed by atoms with van der Waals surface area (Å²) in [6, 6.07) is 8.35. The van der Waals surface area contributed by atoms with Gasteiger partial charge in [0.25, 0.3) is 0 Å². The third-order valence-electron chi connectivity index (χ3n) is 4.96. The molecule has 1 aromatic rings. The van der Waals surface area contributed by atoms with Gasteiger partial charge in [0.15, 0.2) is 0 Å². The van der Waals surface area contributed by atoms with Crippen molar-refractivity contribution in [3.05, 3.63) is 29.8 Å². The Labute approximate surface area is 125 Å². The normalized spacial score (nSPS) is 27.5. The van der Waals surface area contributed by atoms with Crippen LogP contribution in [-0.2, 0) is 5.41 Å². The largest absolute Gasteiger partial charge is 0.385 e. The lowest BCUT2D eigenvalue weighted by Crippen LogP contribution is -2.20. The van der Waals surface area contributed by atoms with Gasteiger partial charge in [-0.3, -0.25) is 0 Å². The summed E-state index contributed by atoms with van der Waals surface area (Å²) < 4.78 is 26.8. The predicted octanol–water partition coefficient (Wildman–Crippen LogP) is 3.78. The van der Waals surface area contributed by atoms with E-state index in [1.807, 2.05) is 12.1 Å². The summed E-state index contributed by atoms with van der Waals surface area (Å²) in [5, 5.41) is 6.55. The number of nitrogens with one attached hydrogen (secondary N) is 2. The van der Waals surface area contributed by atoms with Gasteiger partial charge in [-0.2, -0.15) is 0 Å². The average Bonchev–Trinajstić information content (AvgIpc) is 3.01. The fourth-order valence-corrected chi connectivity index (χ4v) is 3.59. The number of halogens is 2. The smallest absolute Gasteiger partial charge is 0.249 e. The monoisotopic (exact) mass is 294 g/mol. The van der Waals surface area contributed by atoms with Crippen molar-refractivity contribution in [3.8, 4) is 0 Å². The molecule has 1 aliphatic heterocycles. The summed E-state index contributed by atoms with van der Waals surface area (Å²) in [5.74, 6) is -1.75. The molecule has 1 heterocycles. The van der Waals surface area contributed by atoms with E-state index in [0.29, 0.717) is 18.4 Å². The highest BCUT2D eigenvalue weighted by molar-refractivity contribution is 5.48. The molecule has 2 nitrogen and oxygen atoms in total. The second-order valence-electron chi connectivity index (χ2n) is 6.55. The minimum atomic E-state index is -2.54. The zero-order valence-electron chi connectivity index (χ0n) is 12.6. The number of anilines is 1. The van der Waals surface area contributed by atoms with Gasteiger partial charge in [0.1, 0.15) is 0 Å². The second kappa shape index (κ2) is 5.56. The number of alkyl halides is 2. The standard InChI is InChI=1S/C17H24F2N2/c1-2-7-17(18,19)8-9-21-15-5-3-13(4-6-15)16-10-14(16)11-20-12-16/h3-6,14,20-21H,2,7-12H2,1H3. The third kappa shape index (κ3) is 3.05. The number of hydrogen-bond donors (Lipinski definition) is 2. The summed E-state index contributed by atoms with van der Waals surface area (Å²) in [4.78, 5) is 0. The van der Waals surface area contributed by atoms with Gasteiger partial charge in [-0.1, -0.05) is 25.5 Å². The molecular weight excluding hydrogens is 270 g/mol. The molecule has 2 fully saturated rings. The van der Waals surface area contributed by atoms with Crippen LogP contribution in [0.25, 0.3) is 0 Å². The zero-order valence-corrected chi connectivity index (χ0v) is 12.6.